The number of benzene rings is 2. The average molecular weight is 330 g/mol. The van der Waals surface area contributed by atoms with Crippen LogP contribution in [0.5, 0.6) is 0 Å². The second kappa shape index (κ2) is 5.29. The van der Waals surface area contributed by atoms with Gasteiger partial charge in [-0.1, -0.05) is 19.1 Å². The highest BCUT2D eigenvalue weighted by Crippen LogP contribution is 2.29. The number of hydrogen-bond donors (Lipinski definition) is 1. The van der Waals surface area contributed by atoms with Gasteiger partial charge < -0.3 is 10.3 Å². The molecule has 0 unspecified atom stereocenters. The molecule has 3 aromatic rings. The van der Waals surface area contributed by atoms with Crippen molar-refractivity contribution >= 4 is 32.7 Å². The molecule has 2 aromatic carbocycles. The molecule has 0 fully saturated rings. The average Bonchev–Trinajstić information content (AvgIpc) is 2.82. The first-order valence-electron chi connectivity index (χ1n) is 6.71. The highest BCUT2D eigenvalue weighted by atomic mass is 79.9. The van der Waals surface area contributed by atoms with Crippen LogP contribution in [-0.4, -0.2) is 9.55 Å². The predicted octanol–water partition coefficient (Wildman–Crippen LogP) is 4.46. The van der Waals surface area contributed by atoms with Crippen LogP contribution in [0.1, 0.15) is 13.3 Å². The number of rotatable bonds is 3. The van der Waals surface area contributed by atoms with Gasteiger partial charge in [0, 0.05) is 22.3 Å². The first-order valence-corrected chi connectivity index (χ1v) is 7.50. The van der Waals surface area contributed by atoms with Crippen LogP contribution in [-0.2, 0) is 6.54 Å². The molecule has 0 bridgehead atoms. The Balaban J connectivity index is 2.23. The highest BCUT2D eigenvalue weighted by Gasteiger charge is 2.12. The van der Waals surface area contributed by atoms with E-state index in [0.717, 1.165) is 40.0 Å². The Morgan fingerprint density at radius 1 is 1.20 bits per heavy atom. The number of nitrogens with zero attached hydrogens (tertiary/aromatic N) is 2. The van der Waals surface area contributed by atoms with E-state index < -0.39 is 0 Å². The minimum absolute atomic E-state index is 0.734. The minimum Gasteiger partial charge on any atom is -0.398 e. The van der Waals surface area contributed by atoms with Crippen molar-refractivity contribution in [2.24, 2.45) is 0 Å². The SMILES string of the molecule is CCCn1c(-c2ccc(Br)c(N)c2)nc2ccccc21. The monoisotopic (exact) mass is 329 g/mol. The van der Waals surface area contributed by atoms with Crippen molar-refractivity contribution in [1.82, 2.24) is 9.55 Å². The lowest BCUT2D eigenvalue weighted by Gasteiger charge is -2.09. The molecule has 0 atom stereocenters. The lowest BCUT2D eigenvalue weighted by atomic mass is 10.2. The van der Waals surface area contributed by atoms with Gasteiger partial charge in [0.1, 0.15) is 5.82 Å². The van der Waals surface area contributed by atoms with Crippen LogP contribution >= 0.6 is 15.9 Å². The third-order valence-corrected chi connectivity index (χ3v) is 4.08. The van der Waals surface area contributed by atoms with E-state index >= 15 is 0 Å². The summed E-state index contributed by atoms with van der Waals surface area (Å²) in [6, 6.07) is 14.2. The van der Waals surface area contributed by atoms with E-state index in [4.69, 9.17) is 10.7 Å². The summed E-state index contributed by atoms with van der Waals surface area (Å²) >= 11 is 3.43. The van der Waals surface area contributed by atoms with E-state index in [0.29, 0.717) is 0 Å². The molecule has 0 spiro atoms. The third kappa shape index (κ3) is 2.20. The molecular formula is C16H16BrN3. The van der Waals surface area contributed by atoms with Crippen LogP contribution in [0.3, 0.4) is 0 Å². The zero-order valence-electron chi connectivity index (χ0n) is 11.3. The number of hydrogen-bond acceptors (Lipinski definition) is 2. The molecule has 1 aromatic heterocycles. The summed E-state index contributed by atoms with van der Waals surface area (Å²) in [5, 5.41) is 0. The minimum atomic E-state index is 0.734. The second-order valence-electron chi connectivity index (χ2n) is 4.81. The molecule has 0 amide bonds. The number of nitrogens with two attached hydrogens (primary N) is 1. The van der Waals surface area contributed by atoms with Gasteiger partial charge in [0.25, 0.3) is 0 Å². The van der Waals surface area contributed by atoms with Gasteiger partial charge >= 0.3 is 0 Å². The predicted molar refractivity (Wildman–Crippen MR) is 87.6 cm³/mol. The molecule has 3 rings (SSSR count). The lowest BCUT2D eigenvalue weighted by molar-refractivity contribution is 0.704. The molecular weight excluding hydrogens is 314 g/mol. The van der Waals surface area contributed by atoms with Gasteiger partial charge in [-0.25, -0.2) is 4.98 Å². The van der Waals surface area contributed by atoms with Crippen LogP contribution in [0.2, 0.25) is 0 Å². The number of aromatic nitrogens is 2. The van der Waals surface area contributed by atoms with Crippen molar-refractivity contribution < 1.29 is 0 Å². The summed E-state index contributed by atoms with van der Waals surface area (Å²) < 4.78 is 3.18. The number of nitrogen functional groups attached to an aromatic ring is 1. The fraction of sp³-hybridized carbons (Fsp3) is 0.188. The Morgan fingerprint density at radius 2 is 2.00 bits per heavy atom. The van der Waals surface area contributed by atoms with Gasteiger partial charge in [0.2, 0.25) is 0 Å². The topological polar surface area (TPSA) is 43.8 Å². The van der Waals surface area contributed by atoms with Gasteiger partial charge in [0.05, 0.1) is 11.0 Å². The van der Waals surface area contributed by atoms with Gasteiger partial charge in [-0.05, 0) is 52.7 Å². The Kier molecular flexibility index (Phi) is 3.49. The number of imidazole rings is 1. The van der Waals surface area contributed by atoms with E-state index in [1.54, 1.807) is 0 Å². The molecule has 0 saturated carbocycles. The van der Waals surface area contributed by atoms with Crippen LogP contribution in [0, 0.1) is 0 Å². The van der Waals surface area contributed by atoms with Crippen molar-refractivity contribution in [3.8, 4) is 11.4 Å². The quantitative estimate of drug-likeness (QED) is 0.721. The Bertz CT molecular complexity index is 762. The Hall–Kier alpha value is -1.81. The summed E-state index contributed by atoms with van der Waals surface area (Å²) in [4.78, 5) is 4.76. The zero-order chi connectivity index (χ0) is 14.1. The summed E-state index contributed by atoms with van der Waals surface area (Å²) in [6.45, 7) is 3.13. The van der Waals surface area contributed by atoms with Crippen molar-refractivity contribution in [2.75, 3.05) is 5.73 Å². The number of aryl methyl sites for hydroxylation is 1. The van der Waals surface area contributed by atoms with E-state index in [1.165, 1.54) is 5.52 Å². The fourth-order valence-electron chi connectivity index (χ4n) is 2.43. The van der Waals surface area contributed by atoms with Crippen LogP contribution in [0.15, 0.2) is 46.9 Å². The number of halogens is 1. The number of para-hydroxylation sites is 2. The summed E-state index contributed by atoms with van der Waals surface area (Å²) in [6.07, 6.45) is 1.07. The normalized spacial score (nSPS) is 11.1. The third-order valence-electron chi connectivity index (χ3n) is 3.36. The molecule has 0 aliphatic carbocycles. The molecule has 2 N–H and O–H groups in total. The van der Waals surface area contributed by atoms with E-state index in [2.05, 4.69) is 39.6 Å². The largest absolute Gasteiger partial charge is 0.398 e. The number of anilines is 1. The smallest absolute Gasteiger partial charge is 0.141 e. The standard InChI is InChI=1S/C16H16BrN3/c1-2-9-20-15-6-4-3-5-14(15)19-16(20)11-7-8-12(17)13(18)10-11/h3-8,10H,2,9,18H2,1H3. The van der Waals surface area contributed by atoms with Crippen molar-refractivity contribution in [2.45, 2.75) is 19.9 Å². The Morgan fingerprint density at radius 3 is 2.75 bits per heavy atom. The van der Waals surface area contributed by atoms with Crippen molar-refractivity contribution in [1.29, 1.82) is 0 Å². The van der Waals surface area contributed by atoms with Gasteiger partial charge in [-0.15, -0.1) is 0 Å². The first kappa shape index (κ1) is 13.2. The summed E-state index contributed by atoms with van der Waals surface area (Å²) in [5.74, 6) is 0.979. The summed E-state index contributed by atoms with van der Waals surface area (Å²) in [7, 11) is 0. The van der Waals surface area contributed by atoms with E-state index in [9.17, 15) is 0 Å². The second-order valence-corrected chi connectivity index (χ2v) is 5.67. The summed E-state index contributed by atoms with van der Waals surface area (Å²) in [5.41, 5.74) is 9.97. The van der Waals surface area contributed by atoms with E-state index in [-0.39, 0.29) is 0 Å². The Labute approximate surface area is 126 Å². The van der Waals surface area contributed by atoms with Crippen molar-refractivity contribution in [3.63, 3.8) is 0 Å². The van der Waals surface area contributed by atoms with Gasteiger partial charge in [0.15, 0.2) is 0 Å². The van der Waals surface area contributed by atoms with Crippen LogP contribution < -0.4 is 5.73 Å². The molecule has 4 heteroatoms. The molecule has 102 valence electrons. The zero-order valence-corrected chi connectivity index (χ0v) is 12.9. The molecule has 0 aliphatic heterocycles. The van der Waals surface area contributed by atoms with Crippen molar-refractivity contribution in [3.05, 3.63) is 46.9 Å². The van der Waals surface area contributed by atoms with Crippen LogP contribution in [0.25, 0.3) is 22.4 Å². The molecule has 1 heterocycles. The maximum Gasteiger partial charge on any atom is 0.141 e. The molecule has 20 heavy (non-hydrogen) atoms. The van der Waals surface area contributed by atoms with Gasteiger partial charge in [-0.2, -0.15) is 0 Å². The maximum atomic E-state index is 5.99. The fourth-order valence-corrected chi connectivity index (χ4v) is 2.68. The number of fused-ring (bicyclic) bond motifs is 1. The van der Waals surface area contributed by atoms with E-state index in [1.807, 2.05) is 30.3 Å². The molecule has 0 radical (unpaired) electrons. The van der Waals surface area contributed by atoms with Crippen LogP contribution in [0.4, 0.5) is 5.69 Å². The lowest BCUT2D eigenvalue weighted by Crippen LogP contribution is -2.00. The molecule has 3 nitrogen and oxygen atoms in total. The maximum absolute atomic E-state index is 5.99. The first-order chi connectivity index (χ1) is 9.70. The highest BCUT2D eigenvalue weighted by molar-refractivity contribution is 9.10. The molecule has 0 saturated heterocycles. The van der Waals surface area contributed by atoms with Gasteiger partial charge in [-0.3, -0.25) is 0 Å². The molecule has 0 aliphatic rings.